The Kier molecular flexibility index (Phi) is 5.71. The van der Waals surface area contributed by atoms with E-state index in [0.717, 1.165) is 24.6 Å². The molecule has 0 aliphatic carbocycles. The first kappa shape index (κ1) is 14.6. The van der Waals surface area contributed by atoms with E-state index in [0.29, 0.717) is 6.61 Å². The summed E-state index contributed by atoms with van der Waals surface area (Å²) in [5.74, 6) is -2.02. The molecule has 1 aromatic rings. The molecule has 5 heteroatoms. The van der Waals surface area contributed by atoms with Gasteiger partial charge in [0.2, 0.25) is 0 Å². The fraction of sp³-hybridized carbons (Fsp3) is 0.462. The third-order valence-corrected chi connectivity index (χ3v) is 2.33. The van der Waals surface area contributed by atoms with Crippen LogP contribution in [-0.2, 0) is 4.74 Å². The number of rotatable bonds is 6. The number of ether oxygens (including phenoxy) is 1. The van der Waals surface area contributed by atoms with Crippen molar-refractivity contribution in [1.29, 1.82) is 0 Å². The molecular weight excluding hydrogens is 240 g/mol. The van der Waals surface area contributed by atoms with Crippen LogP contribution in [0.25, 0.3) is 0 Å². The van der Waals surface area contributed by atoms with Gasteiger partial charge in [0, 0.05) is 13.2 Å². The summed E-state index contributed by atoms with van der Waals surface area (Å²) in [6.45, 7) is 4.64. The van der Waals surface area contributed by atoms with Crippen LogP contribution in [-0.4, -0.2) is 25.2 Å². The summed E-state index contributed by atoms with van der Waals surface area (Å²) in [6, 6.07) is 2.78. The Morgan fingerprint density at radius 1 is 1.44 bits per heavy atom. The maximum atomic E-state index is 13.3. The molecule has 0 bridgehead atoms. The summed E-state index contributed by atoms with van der Waals surface area (Å²) in [6.07, 6.45) is 0.724. The van der Waals surface area contributed by atoms with E-state index in [1.807, 2.05) is 6.92 Å². The molecule has 0 spiro atoms. The van der Waals surface area contributed by atoms with Crippen LogP contribution in [0, 0.1) is 11.6 Å². The van der Waals surface area contributed by atoms with Crippen LogP contribution in [0.5, 0.6) is 0 Å². The summed E-state index contributed by atoms with van der Waals surface area (Å²) in [5.41, 5.74) is -0.294. The highest BCUT2D eigenvalue weighted by molar-refractivity contribution is 5.94. The first-order valence-corrected chi connectivity index (χ1v) is 5.89. The van der Waals surface area contributed by atoms with E-state index in [-0.39, 0.29) is 18.2 Å². The second-order valence-corrected chi connectivity index (χ2v) is 4.02. The Balaban J connectivity index is 2.52. The van der Waals surface area contributed by atoms with Crippen LogP contribution >= 0.6 is 0 Å². The van der Waals surface area contributed by atoms with Gasteiger partial charge in [0.25, 0.3) is 5.91 Å². The Morgan fingerprint density at radius 2 is 2.17 bits per heavy atom. The van der Waals surface area contributed by atoms with Gasteiger partial charge in [-0.25, -0.2) is 8.78 Å². The van der Waals surface area contributed by atoms with Crippen LogP contribution < -0.4 is 5.32 Å². The smallest absolute Gasteiger partial charge is 0.254 e. The molecule has 0 heterocycles. The molecule has 3 nitrogen and oxygen atoms in total. The molecule has 1 atom stereocenters. The standard InChI is InChI=1S/C13H17F2NO2/c1-3-6-18-9(2)8-16-13(17)11-7-10(14)4-5-12(11)15/h4-5,7,9H,3,6,8H2,1-2H3,(H,16,17). The van der Waals surface area contributed by atoms with Gasteiger partial charge in [-0.15, -0.1) is 0 Å². The first-order valence-electron chi connectivity index (χ1n) is 5.89. The second-order valence-electron chi connectivity index (χ2n) is 4.02. The first-order chi connectivity index (χ1) is 8.54. The van der Waals surface area contributed by atoms with E-state index in [4.69, 9.17) is 4.74 Å². The van der Waals surface area contributed by atoms with Crippen molar-refractivity contribution < 1.29 is 18.3 Å². The lowest BCUT2D eigenvalue weighted by Gasteiger charge is -2.13. The molecule has 0 aromatic heterocycles. The monoisotopic (exact) mass is 257 g/mol. The van der Waals surface area contributed by atoms with Crippen LogP contribution in [0.15, 0.2) is 18.2 Å². The SMILES string of the molecule is CCCOC(C)CNC(=O)c1cc(F)ccc1F. The lowest BCUT2D eigenvalue weighted by Crippen LogP contribution is -2.32. The van der Waals surface area contributed by atoms with Gasteiger partial charge in [0.05, 0.1) is 11.7 Å². The molecule has 1 amide bonds. The average Bonchev–Trinajstić information content (AvgIpc) is 2.36. The molecule has 0 aliphatic heterocycles. The maximum Gasteiger partial charge on any atom is 0.254 e. The lowest BCUT2D eigenvalue weighted by atomic mass is 10.2. The average molecular weight is 257 g/mol. The Bertz CT molecular complexity index is 410. The molecule has 1 aromatic carbocycles. The second kappa shape index (κ2) is 7.06. The van der Waals surface area contributed by atoms with Crippen LogP contribution in [0.3, 0.4) is 0 Å². The number of nitrogens with one attached hydrogen (secondary N) is 1. The highest BCUT2D eigenvalue weighted by Crippen LogP contribution is 2.09. The summed E-state index contributed by atoms with van der Waals surface area (Å²) < 4.78 is 31.5. The number of hydrogen-bond acceptors (Lipinski definition) is 2. The van der Waals surface area contributed by atoms with Crippen molar-refractivity contribution in [2.24, 2.45) is 0 Å². The van der Waals surface area contributed by atoms with Crippen molar-refractivity contribution in [2.75, 3.05) is 13.2 Å². The fourth-order valence-corrected chi connectivity index (χ4v) is 1.38. The van der Waals surface area contributed by atoms with E-state index >= 15 is 0 Å². The molecule has 0 radical (unpaired) electrons. The summed E-state index contributed by atoms with van der Waals surface area (Å²) in [5, 5.41) is 2.51. The minimum Gasteiger partial charge on any atom is -0.377 e. The molecule has 1 N–H and O–H groups in total. The van der Waals surface area contributed by atoms with Crippen molar-refractivity contribution in [1.82, 2.24) is 5.32 Å². The minimum absolute atomic E-state index is 0.162. The zero-order valence-electron chi connectivity index (χ0n) is 10.5. The van der Waals surface area contributed by atoms with Crippen LogP contribution in [0.2, 0.25) is 0 Å². The number of carbonyl (C=O) groups excluding carboxylic acids is 1. The topological polar surface area (TPSA) is 38.3 Å². The van der Waals surface area contributed by atoms with Gasteiger partial charge in [-0.05, 0) is 31.5 Å². The van der Waals surface area contributed by atoms with Crippen molar-refractivity contribution >= 4 is 5.91 Å². The Hall–Kier alpha value is -1.49. The Morgan fingerprint density at radius 3 is 2.83 bits per heavy atom. The van der Waals surface area contributed by atoms with Gasteiger partial charge in [-0.2, -0.15) is 0 Å². The quantitative estimate of drug-likeness (QED) is 0.850. The summed E-state index contributed by atoms with van der Waals surface area (Å²) in [7, 11) is 0. The Labute approximate surface area is 105 Å². The van der Waals surface area contributed by atoms with Crippen molar-refractivity contribution in [3.63, 3.8) is 0 Å². The molecule has 1 unspecified atom stereocenters. The number of benzene rings is 1. The highest BCUT2D eigenvalue weighted by atomic mass is 19.1. The van der Waals surface area contributed by atoms with Crippen LogP contribution in [0.1, 0.15) is 30.6 Å². The zero-order chi connectivity index (χ0) is 13.5. The molecular formula is C13H17F2NO2. The number of amides is 1. The molecule has 0 saturated carbocycles. The fourth-order valence-electron chi connectivity index (χ4n) is 1.38. The van der Waals surface area contributed by atoms with Gasteiger partial charge in [-0.1, -0.05) is 6.92 Å². The molecule has 18 heavy (non-hydrogen) atoms. The summed E-state index contributed by atoms with van der Waals surface area (Å²) >= 11 is 0. The van der Waals surface area contributed by atoms with E-state index in [9.17, 15) is 13.6 Å². The van der Waals surface area contributed by atoms with E-state index in [1.165, 1.54) is 0 Å². The molecule has 100 valence electrons. The summed E-state index contributed by atoms with van der Waals surface area (Å²) in [4.78, 5) is 11.6. The predicted octanol–water partition coefficient (Wildman–Crippen LogP) is 2.51. The molecule has 1 rings (SSSR count). The van der Waals surface area contributed by atoms with Crippen molar-refractivity contribution in [3.8, 4) is 0 Å². The van der Waals surface area contributed by atoms with Gasteiger partial charge < -0.3 is 10.1 Å². The minimum atomic E-state index is -0.740. The van der Waals surface area contributed by atoms with Gasteiger partial charge >= 0.3 is 0 Å². The third-order valence-electron chi connectivity index (χ3n) is 2.33. The molecule has 0 aliphatic rings. The van der Waals surface area contributed by atoms with Gasteiger partial charge in [0.1, 0.15) is 11.6 Å². The molecule has 0 saturated heterocycles. The molecule has 0 fully saturated rings. The lowest BCUT2D eigenvalue weighted by molar-refractivity contribution is 0.0621. The van der Waals surface area contributed by atoms with E-state index in [1.54, 1.807) is 6.92 Å². The number of hydrogen-bond donors (Lipinski definition) is 1. The van der Waals surface area contributed by atoms with Crippen molar-refractivity contribution in [3.05, 3.63) is 35.4 Å². The predicted molar refractivity (Wildman–Crippen MR) is 64.4 cm³/mol. The van der Waals surface area contributed by atoms with Gasteiger partial charge in [-0.3, -0.25) is 4.79 Å². The number of carbonyl (C=O) groups is 1. The zero-order valence-corrected chi connectivity index (χ0v) is 10.5. The van der Waals surface area contributed by atoms with Crippen molar-refractivity contribution in [2.45, 2.75) is 26.4 Å². The highest BCUT2D eigenvalue weighted by Gasteiger charge is 2.13. The van der Waals surface area contributed by atoms with E-state index in [2.05, 4.69) is 5.32 Å². The van der Waals surface area contributed by atoms with Gasteiger partial charge in [0.15, 0.2) is 0 Å². The largest absolute Gasteiger partial charge is 0.377 e. The number of halogens is 2. The maximum absolute atomic E-state index is 13.3. The van der Waals surface area contributed by atoms with Crippen LogP contribution in [0.4, 0.5) is 8.78 Å². The van der Waals surface area contributed by atoms with E-state index < -0.39 is 17.5 Å². The third kappa shape index (κ3) is 4.41. The normalized spacial score (nSPS) is 12.2.